The first-order valence-corrected chi connectivity index (χ1v) is 14.6. The zero-order valence-corrected chi connectivity index (χ0v) is 21.5. The summed E-state index contributed by atoms with van der Waals surface area (Å²) in [7, 11) is 0. The molecule has 0 fully saturated rings. The van der Waals surface area contributed by atoms with Gasteiger partial charge in [-0.1, -0.05) is 47.0 Å². The minimum absolute atomic E-state index is 0.146. The Morgan fingerprint density at radius 3 is 2.03 bits per heavy atom. The maximum atomic E-state index is 12.3. The van der Waals surface area contributed by atoms with Gasteiger partial charge in [0.2, 0.25) is 22.1 Å². The van der Waals surface area contributed by atoms with Crippen molar-refractivity contribution in [1.82, 2.24) is 18.7 Å². The lowest BCUT2D eigenvalue weighted by molar-refractivity contribution is -0.114. The first-order chi connectivity index (χ1) is 15.5. The van der Waals surface area contributed by atoms with Crippen molar-refractivity contribution in [3.8, 4) is 6.07 Å². The van der Waals surface area contributed by atoms with E-state index in [4.69, 9.17) is 0 Å². The average molecular weight is 542 g/mol. The van der Waals surface area contributed by atoms with Crippen LogP contribution in [0.25, 0.3) is 0 Å². The molecule has 2 aromatic heterocycles. The lowest BCUT2D eigenvalue weighted by Gasteiger charge is -2.09. The lowest BCUT2D eigenvalue weighted by Crippen LogP contribution is -2.16. The first kappa shape index (κ1) is 24.8. The summed E-state index contributed by atoms with van der Waals surface area (Å²) in [6.07, 6.45) is 3.78. The van der Waals surface area contributed by atoms with Crippen LogP contribution >= 0.6 is 70.1 Å². The predicted octanol–water partition coefficient (Wildman–Crippen LogP) is 4.17. The number of aromatic nitrogens is 4. The van der Waals surface area contributed by atoms with Gasteiger partial charge in [0.1, 0.15) is 6.07 Å². The molecule has 0 aliphatic heterocycles. The highest BCUT2D eigenvalue weighted by Gasteiger charge is 2.12. The SMILES string of the molecule is CSc1nsc(SCC(=O)Nc2ccc(NC(=O)CSc3nc(SC)ns3)c(C#N)c2)n1. The summed E-state index contributed by atoms with van der Waals surface area (Å²) in [5, 5.41) is 16.3. The van der Waals surface area contributed by atoms with Crippen molar-refractivity contribution in [3.63, 3.8) is 0 Å². The number of carbonyl (C=O) groups excluding carboxylic acids is 2. The van der Waals surface area contributed by atoms with E-state index in [1.165, 1.54) is 76.2 Å². The van der Waals surface area contributed by atoms with Crippen LogP contribution in [0.15, 0.2) is 37.2 Å². The zero-order valence-electron chi connectivity index (χ0n) is 16.6. The van der Waals surface area contributed by atoms with Crippen LogP contribution in [0.4, 0.5) is 11.4 Å². The highest BCUT2D eigenvalue weighted by molar-refractivity contribution is 8.02. The molecule has 3 aromatic rings. The third kappa shape index (κ3) is 7.36. The van der Waals surface area contributed by atoms with Gasteiger partial charge < -0.3 is 10.6 Å². The fraction of sp³-hybridized carbons (Fsp3) is 0.235. The van der Waals surface area contributed by atoms with Crippen molar-refractivity contribution in [2.45, 2.75) is 19.0 Å². The smallest absolute Gasteiger partial charge is 0.234 e. The number of hydrogen-bond donors (Lipinski definition) is 2. The maximum Gasteiger partial charge on any atom is 0.234 e. The summed E-state index contributed by atoms with van der Waals surface area (Å²) in [5.74, 6) is -0.172. The van der Waals surface area contributed by atoms with E-state index in [9.17, 15) is 14.9 Å². The van der Waals surface area contributed by atoms with Crippen LogP contribution < -0.4 is 10.6 Å². The summed E-state index contributed by atoms with van der Waals surface area (Å²) in [6.45, 7) is 0. The van der Waals surface area contributed by atoms with E-state index in [2.05, 4.69) is 29.3 Å². The lowest BCUT2D eigenvalue weighted by atomic mass is 10.1. The Labute approximate surface area is 209 Å². The number of anilines is 2. The molecule has 15 heteroatoms. The van der Waals surface area contributed by atoms with Crippen molar-refractivity contribution >= 4 is 93.3 Å². The molecule has 2 amide bonds. The zero-order chi connectivity index (χ0) is 22.9. The molecule has 32 heavy (non-hydrogen) atoms. The van der Waals surface area contributed by atoms with Crippen molar-refractivity contribution in [2.75, 3.05) is 34.7 Å². The van der Waals surface area contributed by atoms with Gasteiger partial charge in [-0.05, 0) is 53.8 Å². The summed E-state index contributed by atoms with van der Waals surface area (Å²) >= 11 is 7.96. The second-order valence-corrected chi connectivity index (χ2v) is 11.1. The Morgan fingerprint density at radius 1 is 0.969 bits per heavy atom. The highest BCUT2D eigenvalue weighted by Crippen LogP contribution is 2.26. The highest BCUT2D eigenvalue weighted by atomic mass is 32.2. The molecule has 9 nitrogen and oxygen atoms in total. The van der Waals surface area contributed by atoms with Crippen LogP contribution in [-0.4, -0.2) is 54.5 Å². The third-order valence-corrected chi connectivity index (χ3v) is 8.49. The van der Waals surface area contributed by atoms with E-state index in [1.54, 1.807) is 12.1 Å². The van der Waals surface area contributed by atoms with Crippen LogP contribution in [0.2, 0.25) is 0 Å². The van der Waals surface area contributed by atoms with Crippen LogP contribution in [0.3, 0.4) is 0 Å². The number of nitrogens with zero attached hydrogens (tertiary/aromatic N) is 5. The standard InChI is InChI=1S/C17H15N7O2S6/c1-27-14-21-16(31-23-14)29-7-12(25)19-10-3-4-11(9(5-10)6-18)20-13(26)8-30-17-22-15(28-2)24-32-17/h3-5H,7-8H2,1-2H3,(H,19,25)(H,20,26). The van der Waals surface area contributed by atoms with Gasteiger partial charge in [0, 0.05) is 5.69 Å². The van der Waals surface area contributed by atoms with Gasteiger partial charge in [-0.25, -0.2) is 9.97 Å². The van der Waals surface area contributed by atoms with E-state index >= 15 is 0 Å². The largest absolute Gasteiger partial charge is 0.325 e. The van der Waals surface area contributed by atoms with E-state index in [-0.39, 0.29) is 28.9 Å². The summed E-state index contributed by atoms with van der Waals surface area (Å²) < 4.78 is 9.72. The average Bonchev–Trinajstić information content (AvgIpc) is 3.46. The number of nitriles is 1. The molecule has 0 unspecified atom stereocenters. The van der Waals surface area contributed by atoms with Crippen molar-refractivity contribution in [3.05, 3.63) is 23.8 Å². The minimum Gasteiger partial charge on any atom is -0.325 e. The number of amides is 2. The van der Waals surface area contributed by atoms with E-state index < -0.39 is 0 Å². The molecule has 3 rings (SSSR count). The molecule has 0 atom stereocenters. The van der Waals surface area contributed by atoms with Gasteiger partial charge in [0.25, 0.3) is 0 Å². The molecule has 2 N–H and O–H groups in total. The third-order valence-electron chi connectivity index (χ3n) is 3.49. The van der Waals surface area contributed by atoms with Gasteiger partial charge in [-0.15, -0.1) is 0 Å². The number of thioether (sulfide) groups is 4. The van der Waals surface area contributed by atoms with Gasteiger partial charge in [0.15, 0.2) is 8.68 Å². The molecule has 0 saturated carbocycles. The monoisotopic (exact) mass is 541 g/mol. The molecule has 0 aliphatic rings. The minimum atomic E-state index is -0.262. The quantitative estimate of drug-likeness (QED) is 0.358. The van der Waals surface area contributed by atoms with E-state index in [1.807, 2.05) is 18.6 Å². The normalized spacial score (nSPS) is 10.5. The van der Waals surface area contributed by atoms with Crippen LogP contribution in [-0.2, 0) is 9.59 Å². The molecule has 166 valence electrons. The number of rotatable bonds is 10. The fourth-order valence-corrected chi connectivity index (χ4v) is 6.16. The topological polar surface area (TPSA) is 134 Å². The fourth-order valence-electron chi connectivity index (χ4n) is 2.14. The van der Waals surface area contributed by atoms with Crippen molar-refractivity contribution < 1.29 is 9.59 Å². The molecule has 0 aliphatic carbocycles. The Hall–Kier alpha value is -1.83. The Kier molecular flexibility index (Phi) is 9.63. The molecule has 0 spiro atoms. The second-order valence-electron chi connectivity index (χ2n) is 5.64. The summed E-state index contributed by atoms with van der Waals surface area (Å²) in [5.41, 5.74) is 1.11. The summed E-state index contributed by atoms with van der Waals surface area (Å²) in [6, 6.07) is 6.80. The van der Waals surface area contributed by atoms with Crippen LogP contribution in [0, 0.1) is 11.3 Å². The molecule has 0 saturated heterocycles. The van der Waals surface area contributed by atoms with Crippen molar-refractivity contribution in [1.29, 1.82) is 5.26 Å². The van der Waals surface area contributed by atoms with Gasteiger partial charge in [0.05, 0.1) is 22.8 Å². The van der Waals surface area contributed by atoms with Gasteiger partial charge >= 0.3 is 0 Å². The Bertz CT molecular complexity index is 1140. The summed E-state index contributed by atoms with van der Waals surface area (Å²) in [4.78, 5) is 33.0. The number of benzene rings is 1. The molecular formula is C17H15N7O2S6. The van der Waals surface area contributed by atoms with Crippen LogP contribution in [0.5, 0.6) is 0 Å². The predicted molar refractivity (Wildman–Crippen MR) is 133 cm³/mol. The molecule has 0 bridgehead atoms. The Morgan fingerprint density at radius 2 is 1.53 bits per heavy atom. The Balaban J connectivity index is 1.52. The van der Waals surface area contributed by atoms with Gasteiger partial charge in [-0.2, -0.15) is 14.0 Å². The molecule has 2 heterocycles. The molecule has 0 radical (unpaired) electrons. The number of carbonyl (C=O) groups is 2. The first-order valence-electron chi connectivity index (χ1n) is 8.65. The molecular weight excluding hydrogens is 527 g/mol. The number of hydrogen-bond acceptors (Lipinski definition) is 13. The van der Waals surface area contributed by atoms with Crippen molar-refractivity contribution in [2.24, 2.45) is 0 Å². The molecule has 1 aromatic carbocycles. The van der Waals surface area contributed by atoms with E-state index in [0.717, 1.165) is 4.34 Å². The second kappa shape index (κ2) is 12.4. The van der Waals surface area contributed by atoms with E-state index in [0.29, 0.717) is 26.0 Å². The number of nitrogens with one attached hydrogen (secondary N) is 2. The van der Waals surface area contributed by atoms with Gasteiger partial charge in [-0.3, -0.25) is 9.59 Å². The van der Waals surface area contributed by atoms with Crippen LogP contribution in [0.1, 0.15) is 5.56 Å². The maximum absolute atomic E-state index is 12.3.